The fourth-order valence-corrected chi connectivity index (χ4v) is 1.89. The number of hydrogen-bond donors (Lipinski definition) is 1. The van der Waals surface area contributed by atoms with Crippen LogP contribution in [0.4, 0.5) is 10.1 Å². The summed E-state index contributed by atoms with van der Waals surface area (Å²) in [6, 6.07) is 3.89. The first-order chi connectivity index (χ1) is 8.08. The van der Waals surface area contributed by atoms with E-state index >= 15 is 0 Å². The fraction of sp³-hybridized carbons (Fsp3) is 0.417. The predicted octanol–water partition coefficient (Wildman–Crippen LogP) is 0.796. The number of benzene rings is 1. The highest BCUT2D eigenvalue weighted by Crippen LogP contribution is 2.16. The van der Waals surface area contributed by atoms with Crippen molar-refractivity contribution in [2.75, 3.05) is 39.0 Å². The summed E-state index contributed by atoms with van der Waals surface area (Å²) < 4.78 is 13.1. The number of likely N-dealkylation sites (N-methyl/N-ethyl adjacent to an activating group) is 1. The van der Waals surface area contributed by atoms with Gasteiger partial charge in [-0.2, -0.15) is 0 Å². The zero-order valence-electron chi connectivity index (χ0n) is 9.82. The van der Waals surface area contributed by atoms with Crippen LogP contribution in [0.3, 0.4) is 0 Å². The number of carbonyl (C=O) groups excluding carboxylic acids is 1. The normalized spacial score (nSPS) is 17.2. The third-order valence-corrected chi connectivity index (χ3v) is 3.04. The van der Waals surface area contributed by atoms with Crippen LogP contribution in [0, 0.1) is 5.82 Å². The lowest BCUT2D eigenvalue weighted by Gasteiger charge is -2.32. The molecule has 1 aromatic carbocycles. The monoisotopic (exact) mass is 237 g/mol. The van der Waals surface area contributed by atoms with E-state index < -0.39 is 5.82 Å². The van der Waals surface area contributed by atoms with Gasteiger partial charge >= 0.3 is 0 Å². The Kier molecular flexibility index (Phi) is 3.28. The van der Waals surface area contributed by atoms with Gasteiger partial charge in [0.05, 0.1) is 5.56 Å². The Bertz CT molecular complexity index is 428. The number of amides is 1. The SMILES string of the molecule is CN1CCN(C(=O)c2cc(F)ccc2N)CC1. The van der Waals surface area contributed by atoms with Gasteiger partial charge in [-0.1, -0.05) is 0 Å². The average molecular weight is 237 g/mol. The van der Waals surface area contributed by atoms with Crippen LogP contribution in [0.2, 0.25) is 0 Å². The lowest BCUT2D eigenvalue weighted by Crippen LogP contribution is -2.47. The molecule has 5 heteroatoms. The summed E-state index contributed by atoms with van der Waals surface area (Å²) in [5, 5.41) is 0. The first-order valence-electron chi connectivity index (χ1n) is 5.61. The molecule has 0 aromatic heterocycles. The van der Waals surface area contributed by atoms with Crippen LogP contribution >= 0.6 is 0 Å². The number of nitrogens with two attached hydrogens (primary N) is 1. The predicted molar refractivity (Wildman–Crippen MR) is 64.2 cm³/mol. The molecule has 0 atom stereocenters. The van der Waals surface area contributed by atoms with Crippen molar-refractivity contribution in [3.63, 3.8) is 0 Å². The third kappa shape index (κ3) is 2.55. The maximum absolute atomic E-state index is 13.1. The molecule has 0 bridgehead atoms. The summed E-state index contributed by atoms with van der Waals surface area (Å²) in [6.07, 6.45) is 0. The summed E-state index contributed by atoms with van der Waals surface area (Å²) in [6.45, 7) is 2.98. The summed E-state index contributed by atoms with van der Waals surface area (Å²) in [5.41, 5.74) is 6.29. The molecule has 92 valence electrons. The van der Waals surface area contributed by atoms with Gasteiger partial charge in [-0.05, 0) is 25.2 Å². The van der Waals surface area contributed by atoms with E-state index in [1.807, 2.05) is 7.05 Å². The summed E-state index contributed by atoms with van der Waals surface area (Å²) in [4.78, 5) is 16.0. The van der Waals surface area contributed by atoms with Gasteiger partial charge in [0.15, 0.2) is 0 Å². The highest BCUT2D eigenvalue weighted by Gasteiger charge is 2.22. The molecule has 0 aliphatic carbocycles. The molecule has 0 unspecified atom stereocenters. The van der Waals surface area contributed by atoms with E-state index in [1.165, 1.54) is 18.2 Å². The second-order valence-corrected chi connectivity index (χ2v) is 4.33. The molecule has 1 aliphatic heterocycles. The van der Waals surface area contributed by atoms with Crippen molar-refractivity contribution in [1.82, 2.24) is 9.80 Å². The molecule has 1 saturated heterocycles. The molecule has 1 heterocycles. The highest BCUT2D eigenvalue weighted by molar-refractivity contribution is 5.99. The molecule has 2 rings (SSSR count). The Balaban J connectivity index is 2.16. The van der Waals surface area contributed by atoms with Gasteiger partial charge in [0.1, 0.15) is 5.82 Å². The zero-order valence-corrected chi connectivity index (χ0v) is 9.82. The van der Waals surface area contributed by atoms with Crippen molar-refractivity contribution >= 4 is 11.6 Å². The van der Waals surface area contributed by atoms with Gasteiger partial charge < -0.3 is 15.5 Å². The Hall–Kier alpha value is -1.62. The number of nitrogen functional groups attached to an aromatic ring is 1. The number of halogens is 1. The molecule has 0 radical (unpaired) electrons. The second kappa shape index (κ2) is 4.71. The van der Waals surface area contributed by atoms with Gasteiger partial charge in [-0.15, -0.1) is 0 Å². The van der Waals surface area contributed by atoms with E-state index in [1.54, 1.807) is 4.90 Å². The Morgan fingerprint density at radius 3 is 2.59 bits per heavy atom. The van der Waals surface area contributed by atoms with Gasteiger partial charge in [-0.3, -0.25) is 4.79 Å². The molecular weight excluding hydrogens is 221 g/mol. The lowest BCUT2D eigenvalue weighted by atomic mass is 10.1. The first kappa shape index (κ1) is 11.9. The van der Waals surface area contributed by atoms with Crippen LogP contribution in [0.5, 0.6) is 0 Å². The molecule has 1 aliphatic rings. The van der Waals surface area contributed by atoms with Crippen molar-refractivity contribution in [3.05, 3.63) is 29.6 Å². The van der Waals surface area contributed by atoms with E-state index in [2.05, 4.69) is 4.90 Å². The smallest absolute Gasteiger partial charge is 0.256 e. The standard InChI is InChI=1S/C12H16FN3O/c1-15-4-6-16(7-5-15)12(17)10-8-9(13)2-3-11(10)14/h2-3,8H,4-7,14H2,1H3. The van der Waals surface area contributed by atoms with Gasteiger partial charge in [-0.25, -0.2) is 4.39 Å². The van der Waals surface area contributed by atoms with Crippen molar-refractivity contribution in [3.8, 4) is 0 Å². The van der Waals surface area contributed by atoms with Crippen LogP contribution in [0.25, 0.3) is 0 Å². The maximum atomic E-state index is 13.1. The van der Waals surface area contributed by atoms with Crippen LogP contribution in [0.1, 0.15) is 10.4 Å². The van der Waals surface area contributed by atoms with Crippen molar-refractivity contribution in [1.29, 1.82) is 0 Å². The van der Waals surface area contributed by atoms with E-state index in [0.29, 0.717) is 18.8 Å². The molecule has 4 nitrogen and oxygen atoms in total. The molecule has 1 aromatic rings. The van der Waals surface area contributed by atoms with E-state index in [9.17, 15) is 9.18 Å². The number of anilines is 1. The Morgan fingerprint density at radius 2 is 1.94 bits per heavy atom. The van der Waals surface area contributed by atoms with E-state index in [-0.39, 0.29) is 11.5 Å². The van der Waals surface area contributed by atoms with Crippen LogP contribution in [-0.4, -0.2) is 48.9 Å². The minimum atomic E-state index is -0.434. The van der Waals surface area contributed by atoms with E-state index in [4.69, 9.17) is 5.73 Å². The number of rotatable bonds is 1. The molecular formula is C12H16FN3O. The topological polar surface area (TPSA) is 49.6 Å². The van der Waals surface area contributed by atoms with E-state index in [0.717, 1.165) is 13.1 Å². The number of hydrogen-bond acceptors (Lipinski definition) is 3. The summed E-state index contributed by atoms with van der Waals surface area (Å²) >= 11 is 0. The summed E-state index contributed by atoms with van der Waals surface area (Å²) in [7, 11) is 2.01. The number of piperazine rings is 1. The van der Waals surface area contributed by atoms with Crippen LogP contribution in [-0.2, 0) is 0 Å². The largest absolute Gasteiger partial charge is 0.398 e. The van der Waals surface area contributed by atoms with Crippen LogP contribution < -0.4 is 5.73 Å². The molecule has 17 heavy (non-hydrogen) atoms. The fourth-order valence-electron chi connectivity index (χ4n) is 1.89. The molecule has 0 saturated carbocycles. The quantitative estimate of drug-likeness (QED) is 0.735. The van der Waals surface area contributed by atoms with Gasteiger partial charge in [0.2, 0.25) is 0 Å². The van der Waals surface area contributed by atoms with Crippen LogP contribution in [0.15, 0.2) is 18.2 Å². The number of nitrogens with zero attached hydrogens (tertiary/aromatic N) is 2. The Labute approximate surface area is 99.8 Å². The van der Waals surface area contributed by atoms with Crippen molar-refractivity contribution < 1.29 is 9.18 Å². The molecule has 1 amide bonds. The van der Waals surface area contributed by atoms with Gasteiger partial charge in [0, 0.05) is 31.9 Å². The number of carbonyl (C=O) groups is 1. The molecule has 2 N–H and O–H groups in total. The minimum absolute atomic E-state index is 0.185. The molecule has 1 fully saturated rings. The minimum Gasteiger partial charge on any atom is -0.398 e. The third-order valence-electron chi connectivity index (χ3n) is 3.04. The first-order valence-corrected chi connectivity index (χ1v) is 5.61. The average Bonchev–Trinajstić information content (AvgIpc) is 2.32. The maximum Gasteiger partial charge on any atom is 0.256 e. The lowest BCUT2D eigenvalue weighted by molar-refractivity contribution is 0.0664. The second-order valence-electron chi connectivity index (χ2n) is 4.33. The zero-order chi connectivity index (χ0) is 12.4. The van der Waals surface area contributed by atoms with Crippen molar-refractivity contribution in [2.24, 2.45) is 0 Å². The Morgan fingerprint density at radius 1 is 1.29 bits per heavy atom. The molecule has 0 spiro atoms. The highest BCUT2D eigenvalue weighted by atomic mass is 19.1. The van der Waals surface area contributed by atoms with Gasteiger partial charge in [0.25, 0.3) is 5.91 Å². The summed E-state index contributed by atoms with van der Waals surface area (Å²) in [5.74, 6) is -0.619. The van der Waals surface area contributed by atoms with Crippen molar-refractivity contribution in [2.45, 2.75) is 0 Å².